The van der Waals surface area contributed by atoms with Crippen LogP contribution in [0, 0.1) is 5.92 Å². The van der Waals surface area contributed by atoms with Crippen molar-refractivity contribution in [3.8, 4) is 6.01 Å². The van der Waals surface area contributed by atoms with E-state index in [9.17, 15) is 4.79 Å². The van der Waals surface area contributed by atoms with Crippen LogP contribution in [0.1, 0.15) is 51.0 Å². The minimum Gasteiger partial charge on any atom is -0.463 e. The van der Waals surface area contributed by atoms with Crippen molar-refractivity contribution >= 4 is 17.5 Å². The van der Waals surface area contributed by atoms with Gasteiger partial charge in [0.2, 0.25) is 5.91 Å². The second-order valence-electron chi connectivity index (χ2n) is 6.84. The Morgan fingerprint density at radius 1 is 1.36 bits per heavy atom. The molecule has 2 aliphatic rings. The molecule has 1 aromatic rings. The van der Waals surface area contributed by atoms with Gasteiger partial charge in [0, 0.05) is 25.3 Å². The Morgan fingerprint density at radius 2 is 2.24 bits per heavy atom. The van der Waals surface area contributed by atoms with Crippen molar-refractivity contribution in [3.63, 3.8) is 0 Å². The molecule has 25 heavy (non-hydrogen) atoms. The van der Waals surface area contributed by atoms with Gasteiger partial charge in [-0.2, -0.15) is 9.97 Å². The number of unbranched alkanes of at least 4 members (excludes halogenated alkanes) is 1. The zero-order valence-corrected chi connectivity index (χ0v) is 15.0. The van der Waals surface area contributed by atoms with E-state index in [4.69, 9.17) is 15.2 Å². The minimum absolute atomic E-state index is 0.0432. The lowest BCUT2D eigenvalue weighted by molar-refractivity contribution is -0.117. The number of hydrogen-bond donors (Lipinski definition) is 1. The summed E-state index contributed by atoms with van der Waals surface area (Å²) in [6.45, 7) is 5.04. The zero-order chi connectivity index (χ0) is 17.6. The number of carbonyl (C=O) groups is 1. The van der Waals surface area contributed by atoms with E-state index in [1.807, 2.05) is 0 Å². The van der Waals surface area contributed by atoms with Gasteiger partial charge in [0.05, 0.1) is 13.0 Å². The molecule has 1 saturated heterocycles. The summed E-state index contributed by atoms with van der Waals surface area (Å²) in [6.07, 6.45) is 6.62. The number of anilines is 2. The Morgan fingerprint density at radius 3 is 3.00 bits per heavy atom. The number of nitrogens with two attached hydrogens (primary N) is 1. The number of hydrogen-bond acceptors (Lipinski definition) is 6. The average Bonchev–Trinajstić information content (AvgIpc) is 2.93. The third-order valence-electron chi connectivity index (χ3n) is 4.86. The fourth-order valence-electron chi connectivity index (χ4n) is 3.40. The van der Waals surface area contributed by atoms with Gasteiger partial charge in [0.15, 0.2) is 0 Å². The van der Waals surface area contributed by atoms with Crippen LogP contribution in [0.2, 0.25) is 0 Å². The summed E-state index contributed by atoms with van der Waals surface area (Å²) in [5, 5.41) is 0. The van der Waals surface area contributed by atoms with Gasteiger partial charge in [-0.25, -0.2) is 0 Å². The molecule has 0 spiro atoms. The summed E-state index contributed by atoms with van der Waals surface area (Å²) in [5.74, 6) is 1.63. The first-order chi connectivity index (χ1) is 12.2. The highest BCUT2D eigenvalue weighted by atomic mass is 16.5. The maximum Gasteiger partial charge on any atom is 0.320 e. The molecule has 0 bridgehead atoms. The topological polar surface area (TPSA) is 90.6 Å². The number of ether oxygens (including phenoxy) is 2. The van der Waals surface area contributed by atoms with E-state index in [1.165, 1.54) is 6.42 Å². The first kappa shape index (κ1) is 17.9. The standard InChI is InChI=1S/C18H28N4O3/c1-2-3-10-25-18-20-16(19)14-11-15(23)22(17(14)21-18)8-4-6-13-7-5-9-24-12-13/h13H,2-12H2,1H3,(H2,19,20,21). The first-order valence-corrected chi connectivity index (χ1v) is 9.36. The lowest BCUT2D eigenvalue weighted by Crippen LogP contribution is -2.29. The lowest BCUT2D eigenvalue weighted by Gasteiger charge is -2.23. The van der Waals surface area contributed by atoms with E-state index in [-0.39, 0.29) is 18.3 Å². The van der Waals surface area contributed by atoms with Crippen LogP contribution in [-0.2, 0) is 16.0 Å². The molecular weight excluding hydrogens is 320 g/mol. The maximum absolute atomic E-state index is 12.4. The molecule has 0 aromatic carbocycles. The Hall–Kier alpha value is -1.89. The monoisotopic (exact) mass is 348 g/mol. The molecule has 1 aromatic heterocycles. The number of nitrogen functional groups attached to an aromatic ring is 1. The van der Waals surface area contributed by atoms with E-state index in [1.54, 1.807) is 4.90 Å². The quantitative estimate of drug-likeness (QED) is 0.725. The summed E-state index contributed by atoms with van der Waals surface area (Å²) in [4.78, 5) is 22.8. The Labute approximate surface area is 148 Å². The van der Waals surface area contributed by atoms with E-state index >= 15 is 0 Å². The third kappa shape index (κ3) is 4.39. The number of rotatable bonds is 8. The largest absolute Gasteiger partial charge is 0.463 e. The molecule has 1 fully saturated rings. The molecule has 1 atom stereocenters. The molecule has 1 unspecified atom stereocenters. The summed E-state index contributed by atoms with van der Waals surface area (Å²) in [5.41, 5.74) is 6.75. The van der Waals surface area contributed by atoms with Crippen LogP contribution in [0.4, 0.5) is 11.6 Å². The molecule has 0 saturated carbocycles. The van der Waals surface area contributed by atoms with Crippen LogP contribution in [-0.4, -0.2) is 42.2 Å². The van der Waals surface area contributed by atoms with Gasteiger partial charge in [-0.05, 0) is 38.0 Å². The van der Waals surface area contributed by atoms with Crippen molar-refractivity contribution in [3.05, 3.63) is 5.56 Å². The second kappa shape index (κ2) is 8.47. The Bertz CT molecular complexity index is 602. The number of aromatic nitrogens is 2. The van der Waals surface area contributed by atoms with Crippen molar-refractivity contribution in [2.75, 3.05) is 37.0 Å². The molecule has 7 heteroatoms. The van der Waals surface area contributed by atoms with E-state index in [0.29, 0.717) is 30.7 Å². The highest BCUT2D eigenvalue weighted by Gasteiger charge is 2.32. The highest BCUT2D eigenvalue weighted by molar-refractivity contribution is 6.01. The fraction of sp³-hybridized carbons (Fsp3) is 0.722. The van der Waals surface area contributed by atoms with Crippen LogP contribution in [0.5, 0.6) is 6.01 Å². The highest BCUT2D eigenvalue weighted by Crippen LogP contribution is 2.32. The first-order valence-electron chi connectivity index (χ1n) is 9.36. The van der Waals surface area contributed by atoms with Crippen LogP contribution in [0.25, 0.3) is 0 Å². The summed E-state index contributed by atoms with van der Waals surface area (Å²) >= 11 is 0. The van der Waals surface area contributed by atoms with Crippen LogP contribution in [0.3, 0.4) is 0 Å². The number of amides is 1. The van der Waals surface area contributed by atoms with E-state index in [2.05, 4.69) is 16.9 Å². The van der Waals surface area contributed by atoms with Crippen LogP contribution in [0.15, 0.2) is 0 Å². The van der Waals surface area contributed by atoms with Gasteiger partial charge in [0.1, 0.15) is 11.6 Å². The molecule has 3 heterocycles. The summed E-state index contributed by atoms with van der Waals surface area (Å²) < 4.78 is 11.1. The molecule has 0 aliphatic carbocycles. The molecule has 138 valence electrons. The van der Waals surface area contributed by atoms with Crippen molar-refractivity contribution < 1.29 is 14.3 Å². The predicted octanol–water partition coefficient (Wildman–Crippen LogP) is 2.33. The fourth-order valence-corrected chi connectivity index (χ4v) is 3.40. The smallest absolute Gasteiger partial charge is 0.320 e. The molecule has 3 rings (SSSR count). The predicted molar refractivity (Wildman–Crippen MR) is 95.7 cm³/mol. The van der Waals surface area contributed by atoms with Crippen LogP contribution >= 0.6 is 0 Å². The second-order valence-corrected chi connectivity index (χ2v) is 6.84. The van der Waals surface area contributed by atoms with Gasteiger partial charge < -0.3 is 15.2 Å². The summed E-state index contributed by atoms with van der Waals surface area (Å²) in [7, 11) is 0. The molecule has 7 nitrogen and oxygen atoms in total. The molecule has 0 radical (unpaired) electrons. The molecule has 2 N–H and O–H groups in total. The van der Waals surface area contributed by atoms with Crippen molar-refractivity contribution in [2.24, 2.45) is 5.92 Å². The molecular formula is C18H28N4O3. The number of fused-ring (bicyclic) bond motifs is 1. The van der Waals surface area contributed by atoms with Gasteiger partial charge in [-0.3, -0.25) is 9.69 Å². The molecule has 1 amide bonds. The van der Waals surface area contributed by atoms with Gasteiger partial charge in [-0.1, -0.05) is 13.3 Å². The third-order valence-corrected chi connectivity index (χ3v) is 4.86. The summed E-state index contributed by atoms with van der Waals surface area (Å²) in [6, 6.07) is 0.269. The van der Waals surface area contributed by atoms with Crippen molar-refractivity contribution in [2.45, 2.75) is 51.9 Å². The van der Waals surface area contributed by atoms with Gasteiger partial charge >= 0.3 is 6.01 Å². The van der Waals surface area contributed by atoms with E-state index < -0.39 is 0 Å². The lowest BCUT2D eigenvalue weighted by atomic mass is 9.97. The van der Waals surface area contributed by atoms with Crippen molar-refractivity contribution in [1.82, 2.24) is 9.97 Å². The SMILES string of the molecule is CCCCOc1nc(N)c2c(n1)N(CCCC1CCCOC1)C(=O)C2. The maximum atomic E-state index is 12.4. The zero-order valence-electron chi connectivity index (χ0n) is 15.0. The Balaban J connectivity index is 1.62. The number of carbonyl (C=O) groups excluding carboxylic acids is 1. The van der Waals surface area contributed by atoms with Crippen LogP contribution < -0.4 is 15.4 Å². The van der Waals surface area contributed by atoms with Gasteiger partial charge in [-0.15, -0.1) is 0 Å². The minimum atomic E-state index is 0.0432. The van der Waals surface area contributed by atoms with E-state index in [0.717, 1.165) is 50.9 Å². The van der Waals surface area contributed by atoms with Gasteiger partial charge in [0.25, 0.3) is 0 Å². The average molecular weight is 348 g/mol. The molecule has 2 aliphatic heterocycles. The number of nitrogens with zero attached hydrogens (tertiary/aromatic N) is 3. The Kier molecular flexibility index (Phi) is 6.07. The van der Waals surface area contributed by atoms with Crippen molar-refractivity contribution in [1.29, 1.82) is 0 Å². The normalized spacial score (nSPS) is 20.0.